The van der Waals surface area contributed by atoms with Crippen molar-refractivity contribution in [2.24, 2.45) is 0 Å². The first-order valence-electron chi connectivity index (χ1n) is 12.0. The van der Waals surface area contributed by atoms with Crippen molar-refractivity contribution in [2.45, 2.75) is 78.5 Å². The van der Waals surface area contributed by atoms with Gasteiger partial charge >= 0.3 is 0 Å². The van der Waals surface area contributed by atoms with Crippen LogP contribution < -0.4 is 0 Å². The van der Waals surface area contributed by atoms with Crippen molar-refractivity contribution in [2.75, 3.05) is 6.26 Å². The fourth-order valence-corrected chi connectivity index (χ4v) is 4.10. The number of unbranched alkanes of at least 4 members (excludes halogenated alkanes) is 2. The van der Waals surface area contributed by atoms with Crippen molar-refractivity contribution in [1.82, 2.24) is 0 Å². The third kappa shape index (κ3) is 8.19. The number of benzene rings is 2. The number of rotatable bonds is 7. The quantitative estimate of drug-likeness (QED) is 0.406. The summed E-state index contributed by atoms with van der Waals surface area (Å²) in [4.78, 5) is 12.8. The Kier molecular flexibility index (Phi) is 12.8. The van der Waals surface area contributed by atoms with Gasteiger partial charge in [0, 0.05) is 34.8 Å². The number of Topliss-reactive ketones (excluding diaryl/α,β-unsaturated/α-hetero) is 1. The Morgan fingerprint density at radius 1 is 0.970 bits per heavy atom. The van der Waals surface area contributed by atoms with Crippen molar-refractivity contribution >= 4 is 33.8 Å². The summed E-state index contributed by atoms with van der Waals surface area (Å²) in [7, 11) is -1.01. The van der Waals surface area contributed by atoms with Crippen molar-refractivity contribution in [1.29, 1.82) is 0 Å². The Bertz CT molecular complexity index is 999. The Hall–Kier alpha value is -2.33. The zero-order chi connectivity index (χ0) is 25.0. The number of hydrogen-bond donors (Lipinski definition) is 0. The summed E-state index contributed by atoms with van der Waals surface area (Å²) < 4.78 is 25.3. The summed E-state index contributed by atoms with van der Waals surface area (Å²) in [5.74, 6) is -0.153. The summed E-state index contributed by atoms with van der Waals surface area (Å²) in [6.07, 6.45) is 8.56. The van der Waals surface area contributed by atoms with Crippen LogP contribution in [0.3, 0.4) is 0 Å². The smallest absolute Gasteiger partial charge is 0.137 e. The van der Waals surface area contributed by atoms with Gasteiger partial charge in [0.05, 0.1) is 0 Å². The van der Waals surface area contributed by atoms with E-state index >= 15 is 0 Å². The molecule has 1 unspecified atom stereocenters. The molecule has 0 heterocycles. The number of allylic oxidation sites excluding steroid dienone is 3. The van der Waals surface area contributed by atoms with E-state index in [9.17, 15) is 13.4 Å². The van der Waals surface area contributed by atoms with Gasteiger partial charge in [-0.25, -0.2) is 4.39 Å². The molecular formula is C29H39FO2S. The molecule has 0 radical (unpaired) electrons. The number of ketones is 1. The normalized spacial score (nSPS) is 14.1. The third-order valence-electron chi connectivity index (χ3n) is 5.45. The van der Waals surface area contributed by atoms with Crippen molar-refractivity contribution in [3.05, 3.63) is 70.5 Å². The van der Waals surface area contributed by atoms with Crippen molar-refractivity contribution in [3.63, 3.8) is 0 Å². The molecule has 2 nitrogen and oxygen atoms in total. The second kappa shape index (κ2) is 14.7. The molecule has 1 atom stereocenters. The van der Waals surface area contributed by atoms with Gasteiger partial charge in [-0.2, -0.15) is 0 Å². The van der Waals surface area contributed by atoms with Gasteiger partial charge in [0.2, 0.25) is 0 Å². The largest absolute Gasteiger partial charge is 0.299 e. The molecule has 0 bridgehead atoms. The van der Waals surface area contributed by atoms with E-state index in [2.05, 4.69) is 13.8 Å². The molecule has 0 aliphatic heterocycles. The van der Waals surface area contributed by atoms with Crippen LogP contribution in [0.2, 0.25) is 0 Å². The molecule has 0 amide bonds. The lowest BCUT2D eigenvalue weighted by atomic mass is 9.99. The van der Waals surface area contributed by atoms with Gasteiger partial charge in [0.15, 0.2) is 0 Å². The summed E-state index contributed by atoms with van der Waals surface area (Å²) in [5, 5.41) is 0. The van der Waals surface area contributed by atoms with Crippen LogP contribution in [0.4, 0.5) is 4.39 Å². The number of fused-ring (bicyclic) bond motifs is 1. The summed E-state index contributed by atoms with van der Waals surface area (Å²) in [5.41, 5.74) is 5.66. The molecule has 0 N–H and O–H groups in total. The zero-order valence-corrected chi connectivity index (χ0v) is 22.1. The van der Waals surface area contributed by atoms with Crippen molar-refractivity contribution in [3.8, 4) is 0 Å². The molecule has 2 aromatic rings. The topological polar surface area (TPSA) is 34.1 Å². The van der Waals surface area contributed by atoms with Gasteiger partial charge in [-0.15, -0.1) is 0 Å². The van der Waals surface area contributed by atoms with E-state index in [-0.39, 0.29) is 11.6 Å². The highest BCUT2D eigenvalue weighted by Crippen LogP contribution is 2.44. The van der Waals surface area contributed by atoms with E-state index < -0.39 is 10.8 Å². The Morgan fingerprint density at radius 2 is 1.58 bits per heavy atom. The highest BCUT2D eigenvalue weighted by Gasteiger charge is 2.25. The number of carbonyl (C=O) groups is 1. The van der Waals surface area contributed by atoms with E-state index in [0.717, 1.165) is 38.3 Å². The first kappa shape index (κ1) is 28.7. The minimum absolute atomic E-state index is 0.144. The average molecular weight is 471 g/mol. The van der Waals surface area contributed by atoms with Gasteiger partial charge in [0.1, 0.15) is 11.6 Å². The standard InChI is InChI=1S/C22H21FO2S.C5H12.C2H6/c1-4-17(24)13-21-14(2)20(19-10-7-16(23)12-22(19)21)11-15-5-8-18(9-6-15)26(3)25;1-3-5-4-2;1-2/h5-12H,4,13H2,1-3H3;3-5H2,1-2H3;1-2H3/b20-11+;;. The number of hydrogen-bond acceptors (Lipinski definition) is 2. The third-order valence-corrected chi connectivity index (χ3v) is 6.39. The second-order valence-electron chi connectivity index (χ2n) is 7.80. The maximum Gasteiger partial charge on any atom is 0.137 e. The van der Waals surface area contributed by atoms with Gasteiger partial charge in [-0.05, 0) is 70.7 Å². The fraction of sp³-hybridized carbons (Fsp3) is 0.414. The molecule has 0 saturated heterocycles. The van der Waals surface area contributed by atoms with Crippen LogP contribution in [0.25, 0.3) is 17.2 Å². The van der Waals surface area contributed by atoms with Crippen LogP contribution in [0.15, 0.2) is 52.9 Å². The van der Waals surface area contributed by atoms with Crippen LogP contribution in [-0.2, 0) is 15.6 Å². The summed E-state index contributed by atoms with van der Waals surface area (Å²) in [6, 6.07) is 12.3. The van der Waals surface area contributed by atoms with Crippen LogP contribution in [-0.4, -0.2) is 16.2 Å². The average Bonchev–Trinajstić information content (AvgIpc) is 3.06. The lowest BCUT2D eigenvalue weighted by Gasteiger charge is -2.05. The molecule has 3 rings (SSSR count). The number of carbonyl (C=O) groups excluding carboxylic acids is 1. The predicted octanol–water partition coefficient (Wildman–Crippen LogP) is 8.48. The Labute approximate surface area is 202 Å². The molecule has 1 aliphatic rings. The lowest BCUT2D eigenvalue weighted by Crippen LogP contribution is -1.97. The summed E-state index contributed by atoms with van der Waals surface area (Å²) >= 11 is 0. The molecule has 33 heavy (non-hydrogen) atoms. The van der Waals surface area contributed by atoms with Gasteiger partial charge in [0.25, 0.3) is 0 Å². The molecule has 180 valence electrons. The van der Waals surface area contributed by atoms with E-state index in [1.165, 1.54) is 31.4 Å². The molecular weight excluding hydrogens is 431 g/mol. The maximum atomic E-state index is 13.8. The van der Waals surface area contributed by atoms with Crippen LogP contribution in [0, 0.1) is 5.82 Å². The summed E-state index contributed by atoms with van der Waals surface area (Å²) in [6.45, 7) is 12.3. The lowest BCUT2D eigenvalue weighted by molar-refractivity contribution is -0.117. The highest BCUT2D eigenvalue weighted by atomic mass is 32.2. The van der Waals surface area contributed by atoms with Crippen LogP contribution in [0.5, 0.6) is 0 Å². The Balaban J connectivity index is 0.000000689. The van der Waals surface area contributed by atoms with E-state index in [1.807, 2.05) is 58.0 Å². The SMILES string of the molecule is CC.CCC(=O)CC1=C(C)/C(=C\c2ccc(S(C)=O)cc2)c2ccc(F)cc21.CCCCC. The maximum absolute atomic E-state index is 13.8. The monoisotopic (exact) mass is 470 g/mol. The highest BCUT2D eigenvalue weighted by molar-refractivity contribution is 7.84. The first-order valence-corrected chi connectivity index (χ1v) is 13.5. The molecule has 0 fully saturated rings. The van der Waals surface area contributed by atoms with Crippen molar-refractivity contribution < 1.29 is 13.4 Å². The molecule has 1 aliphatic carbocycles. The molecule has 0 spiro atoms. The van der Waals surface area contributed by atoms with E-state index in [4.69, 9.17) is 0 Å². The molecule has 0 saturated carbocycles. The minimum Gasteiger partial charge on any atom is -0.299 e. The van der Waals surface area contributed by atoms with Crippen LogP contribution in [0.1, 0.15) is 90.3 Å². The minimum atomic E-state index is -1.01. The first-order chi connectivity index (χ1) is 15.8. The van der Waals surface area contributed by atoms with Gasteiger partial charge in [-0.1, -0.05) is 72.1 Å². The van der Waals surface area contributed by atoms with E-state index in [1.54, 1.807) is 12.3 Å². The fourth-order valence-electron chi connectivity index (χ4n) is 3.58. The van der Waals surface area contributed by atoms with Gasteiger partial charge < -0.3 is 0 Å². The molecule has 4 heteroatoms. The number of halogens is 1. The van der Waals surface area contributed by atoms with Crippen LogP contribution >= 0.6 is 0 Å². The predicted molar refractivity (Wildman–Crippen MR) is 142 cm³/mol. The second-order valence-corrected chi connectivity index (χ2v) is 9.18. The molecule has 0 aromatic heterocycles. The molecule has 2 aromatic carbocycles. The zero-order valence-electron chi connectivity index (χ0n) is 21.3. The Morgan fingerprint density at radius 3 is 2.06 bits per heavy atom. The van der Waals surface area contributed by atoms with Gasteiger partial charge in [-0.3, -0.25) is 9.00 Å². The van der Waals surface area contributed by atoms with E-state index in [0.29, 0.717) is 12.8 Å².